The number of aryl methyl sites for hydroxylation is 2. The molecule has 0 bridgehead atoms. The summed E-state index contributed by atoms with van der Waals surface area (Å²) in [5.41, 5.74) is 2.21. The van der Waals surface area contributed by atoms with Crippen molar-refractivity contribution in [1.29, 1.82) is 0 Å². The molecule has 0 aromatic heterocycles. The van der Waals surface area contributed by atoms with Crippen molar-refractivity contribution in [1.82, 2.24) is 0 Å². The van der Waals surface area contributed by atoms with Crippen LogP contribution >= 0.6 is 0 Å². The van der Waals surface area contributed by atoms with Crippen molar-refractivity contribution >= 4 is 29.2 Å². The molecule has 2 aromatic rings. The molecular formula is C24H28N2O5. The molecule has 2 amide bonds. The van der Waals surface area contributed by atoms with Gasteiger partial charge in [-0.3, -0.25) is 19.3 Å². The largest absolute Gasteiger partial charge is 0.476 e. The molecule has 164 valence electrons. The molecule has 0 aliphatic carbocycles. The minimum absolute atomic E-state index is 0.265. The first-order chi connectivity index (χ1) is 14.5. The summed E-state index contributed by atoms with van der Waals surface area (Å²) < 4.78 is 11.1. The molecular weight excluding hydrogens is 396 g/mol. The van der Waals surface area contributed by atoms with Crippen LogP contribution in [0, 0.1) is 13.8 Å². The third-order valence-corrected chi connectivity index (χ3v) is 5.01. The van der Waals surface area contributed by atoms with E-state index in [9.17, 15) is 14.4 Å². The second kappa shape index (κ2) is 8.41. The average molecular weight is 424 g/mol. The Morgan fingerprint density at radius 3 is 2.39 bits per heavy atom. The molecule has 3 rings (SSSR count). The maximum atomic E-state index is 13.0. The van der Waals surface area contributed by atoms with Crippen molar-refractivity contribution in [3.05, 3.63) is 53.1 Å². The molecule has 0 unspecified atom stereocenters. The molecule has 1 aliphatic heterocycles. The van der Waals surface area contributed by atoms with E-state index in [1.165, 1.54) is 4.90 Å². The molecule has 7 nitrogen and oxygen atoms in total. The Hall–Kier alpha value is -3.35. The molecule has 7 heteroatoms. The predicted octanol–water partition coefficient (Wildman–Crippen LogP) is 4.01. The maximum Gasteiger partial charge on any atom is 0.326 e. The van der Waals surface area contributed by atoms with Gasteiger partial charge in [-0.15, -0.1) is 0 Å². The van der Waals surface area contributed by atoms with E-state index >= 15 is 0 Å². The summed E-state index contributed by atoms with van der Waals surface area (Å²) >= 11 is 0. The molecule has 0 radical (unpaired) electrons. The van der Waals surface area contributed by atoms with E-state index < -0.39 is 11.6 Å². The summed E-state index contributed by atoms with van der Waals surface area (Å²) in [5.74, 6) is -0.807. The van der Waals surface area contributed by atoms with Gasteiger partial charge >= 0.3 is 5.97 Å². The van der Waals surface area contributed by atoms with Gasteiger partial charge in [-0.25, -0.2) is 0 Å². The number of hydrogen-bond donors (Lipinski definition) is 1. The number of benzene rings is 2. The Bertz CT molecular complexity index is 1020. The molecule has 0 spiro atoms. The molecule has 0 fully saturated rings. The number of para-hydroxylation sites is 1. The zero-order valence-corrected chi connectivity index (χ0v) is 18.7. The highest BCUT2D eigenvalue weighted by molar-refractivity contribution is 6.09. The van der Waals surface area contributed by atoms with Crippen LogP contribution in [-0.4, -0.2) is 36.0 Å². The SMILES string of the molecule is Cc1cccc(C)c1NC(=O)c1ccc2c(c1)N(CC(=O)OC(C)C)C(=O)C(C)(C)O2. The van der Waals surface area contributed by atoms with Gasteiger partial charge in [-0.1, -0.05) is 18.2 Å². The summed E-state index contributed by atoms with van der Waals surface area (Å²) in [6, 6.07) is 10.6. The van der Waals surface area contributed by atoms with Crippen molar-refractivity contribution in [3.63, 3.8) is 0 Å². The fraction of sp³-hybridized carbons (Fsp3) is 0.375. The zero-order chi connectivity index (χ0) is 22.9. The second-order valence-electron chi connectivity index (χ2n) is 8.45. The van der Waals surface area contributed by atoms with Gasteiger partial charge in [0.15, 0.2) is 5.60 Å². The Kier molecular flexibility index (Phi) is 6.06. The monoisotopic (exact) mass is 424 g/mol. The van der Waals surface area contributed by atoms with Gasteiger partial charge < -0.3 is 14.8 Å². The minimum atomic E-state index is -1.15. The lowest BCUT2D eigenvalue weighted by Gasteiger charge is -2.38. The lowest BCUT2D eigenvalue weighted by atomic mass is 10.0. The number of hydrogen-bond acceptors (Lipinski definition) is 5. The topological polar surface area (TPSA) is 84.9 Å². The van der Waals surface area contributed by atoms with Gasteiger partial charge in [0.05, 0.1) is 11.8 Å². The Morgan fingerprint density at radius 1 is 1.13 bits per heavy atom. The second-order valence-corrected chi connectivity index (χ2v) is 8.45. The Labute approximate surface area is 182 Å². The van der Waals surface area contributed by atoms with E-state index in [-0.39, 0.29) is 24.5 Å². The zero-order valence-electron chi connectivity index (χ0n) is 18.7. The lowest BCUT2D eigenvalue weighted by Crippen LogP contribution is -2.54. The molecule has 0 saturated heterocycles. The lowest BCUT2D eigenvalue weighted by molar-refractivity contribution is -0.147. The van der Waals surface area contributed by atoms with Crippen molar-refractivity contribution < 1.29 is 23.9 Å². The van der Waals surface area contributed by atoms with Gasteiger partial charge in [0.1, 0.15) is 12.3 Å². The first-order valence-corrected chi connectivity index (χ1v) is 10.2. The highest BCUT2D eigenvalue weighted by atomic mass is 16.5. The first kappa shape index (κ1) is 22.3. The fourth-order valence-electron chi connectivity index (χ4n) is 3.49. The number of ether oxygens (including phenoxy) is 2. The number of nitrogens with one attached hydrogen (secondary N) is 1. The van der Waals surface area contributed by atoms with E-state index in [1.54, 1.807) is 45.9 Å². The van der Waals surface area contributed by atoms with Crippen molar-refractivity contribution in [2.24, 2.45) is 0 Å². The summed E-state index contributed by atoms with van der Waals surface area (Å²) in [6.07, 6.45) is -0.300. The molecule has 1 N–H and O–H groups in total. The molecule has 2 aromatic carbocycles. The van der Waals surface area contributed by atoms with E-state index in [2.05, 4.69) is 5.32 Å². The molecule has 0 atom stereocenters. The van der Waals surface area contributed by atoms with E-state index in [4.69, 9.17) is 9.47 Å². The van der Waals surface area contributed by atoms with Crippen LogP contribution in [0.1, 0.15) is 49.2 Å². The molecule has 31 heavy (non-hydrogen) atoms. The molecule has 1 aliphatic rings. The van der Waals surface area contributed by atoms with Crippen LogP contribution in [0.2, 0.25) is 0 Å². The number of anilines is 2. The Balaban J connectivity index is 1.94. The summed E-state index contributed by atoms with van der Waals surface area (Å²) in [5, 5.41) is 2.94. The summed E-state index contributed by atoms with van der Waals surface area (Å²) in [7, 11) is 0. The normalized spacial score (nSPS) is 14.7. The summed E-state index contributed by atoms with van der Waals surface area (Å²) in [4.78, 5) is 39.5. The van der Waals surface area contributed by atoms with Gasteiger partial charge in [-0.05, 0) is 70.9 Å². The molecule has 0 saturated carbocycles. The number of amides is 2. The number of rotatable bonds is 5. The van der Waals surface area contributed by atoms with Crippen molar-refractivity contribution in [2.45, 2.75) is 53.2 Å². The number of nitrogens with zero attached hydrogens (tertiary/aromatic N) is 1. The number of carbonyl (C=O) groups is 3. The number of carbonyl (C=O) groups excluding carboxylic acids is 3. The van der Waals surface area contributed by atoms with Crippen molar-refractivity contribution in [3.8, 4) is 5.75 Å². The van der Waals surface area contributed by atoms with Crippen LogP contribution in [0.5, 0.6) is 5.75 Å². The van der Waals surface area contributed by atoms with Gasteiger partial charge in [-0.2, -0.15) is 0 Å². The van der Waals surface area contributed by atoms with Gasteiger partial charge in [0.25, 0.3) is 11.8 Å². The van der Waals surface area contributed by atoms with E-state index in [0.29, 0.717) is 17.0 Å². The van der Waals surface area contributed by atoms with Crippen molar-refractivity contribution in [2.75, 3.05) is 16.8 Å². The summed E-state index contributed by atoms with van der Waals surface area (Å²) in [6.45, 7) is 10.3. The minimum Gasteiger partial charge on any atom is -0.476 e. The highest BCUT2D eigenvalue weighted by Crippen LogP contribution is 2.38. The fourth-order valence-corrected chi connectivity index (χ4v) is 3.49. The van der Waals surface area contributed by atoms with Crippen LogP contribution in [0.15, 0.2) is 36.4 Å². The van der Waals surface area contributed by atoms with Crippen LogP contribution in [-0.2, 0) is 14.3 Å². The van der Waals surface area contributed by atoms with Crippen LogP contribution in [0.3, 0.4) is 0 Å². The maximum absolute atomic E-state index is 13.0. The van der Waals surface area contributed by atoms with Crippen LogP contribution < -0.4 is 15.0 Å². The standard InChI is InChI=1S/C24H28N2O5/c1-14(2)30-20(27)13-26-18-12-17(10-11-19(18)31-24(5,6)23(26)29)22(28)25-21-15(3)8-7-9-16(21)4/h7-12,14H,13H2,1-6H3,(H,25,28). The molecule has 1 heterocycles. The quantitative estimate of drug-likeness (QED) is 0.733. The third-order valence-electron chi connectivity index (χ3n) is 5.01. The predicted molar refractivity (Wildman–Crippen MR) is 119 cm³/mol. The number of esters is 1. The third kappa shape index (κ3) is 4.71. The van der Waals surface area contributed by atoms with E-state index in [1.807, 2.05) is 32.0 Å². The Morgan fingerprint density at radius 2 is 1.77 bits per heavy atom. The average Bonchev–Trinajstić information content (AvgIpc) is 2.67. The van der Waals surface area contributed by atoms with Gasteiger partial charge in [0, 0.05) is 11.3 Å². The van der Waals surface area contributed by atoms with Crippen LogP contribution in [0.25, 0.3) is 0 Å². The highest BCUT2D eigenvalue weighted by Gasteiger charge is 2.42. The smallest absolute Gasteiger partial charge is 0.326 e. The van der Waals surface area contributed by atoms with Gasteiger partial charge in [0.2, 0.25) is 0 Å². The van der Waals surface area contributed by atoms with Crippen LogP contribution in [0.4, 0.5) is 11.4 Å². The first-order valence-electron chi connectivity index (χ1n) is 10.2. The van der Waals surface area contributed by atoms with E-state index in [0.717, 1.165) is 16.8 Å². The number of fused-ring (bicyclic) bond motifs is 1.